The fraction of sp³-hybridized carbons (Fsp3) is 0.909. The number of rotatable bonds is 6. The van der Waals surface area contributed by atoms with E-state index in [1.165, 1.54) is 12.0 Å². The fourth-order valence-electron chi connectivity index (χ4n) is 4.52. The van der Waals surface area contributed by atoms with Crippen molar-refractivity contribution in [2.24, 2.45) is 17.3 Å². The maximum atomic E-state index is 10.4. The van der Waals surface area contributed by atoms with Gasteiger partial charge in [-0.05, 0) is 53.8 Å². The van der Waals surface area contributed by atoms with Crippen LogP contribution in [-0.2, 0) is 13.9 Å². The largest absolute Gasteiger partial charge is 0.414 e. The molecule has 4 rings (SSSR count). The Morgan fingerprint density at radius 1 is 1.14 bits per heavy atom. The van der Waals surface area contributed by atoms with Gasteiger partial charge in [-0.2, -0.15) is 0 Å². The average molecular weight is 429 g/mol. The van der Waals surface area contributed by atoms with Crippen LogP contribution in [-0.4, -0.2) is 67.6 Å². The summed E-state index contributed by atoms with van der Waals surface area (Å²) in [6, 6.07) is 0. The Kier molecular flexibility index (Phi) is 6.45. The summed E-state index contributed by atoms with van der Waals surface area (Å²) in [6.45, 7) is 15.8. The highest BCUT2D eigenvalue weighted by atomic mass is 28.4. The van der Waals surface area contributed by atoms with Crippen LogP contribution in [0.4, 0.5) is 0 Å². The molecule has 6 nitrogen and oxygen atoms in total. The van der Waals surface area contributed by atoms with E-state index in [4.69, 9.17) is 13.9 Å². The van der Waals surface area contributed by atoms with Crippen LogP contribution in [0.2, 0.25) is 18.1 Å². The van der Waals surface area contributed by atoms with Gasteiger partial charge in [0.05, 0.1) is 13.2 Å². The number of aliphatic hydroxyl groups is 3. The summed E-state index contributed by atoms with van der Waals surface area (Å²) in [5.74, 6) is 1.26. The standard InChI is InChI=1S/C22H40O6Si/c1-21(2,3)29(6,7)27-12-16-17(23)18(24)19(25)20(28-16)26-11-13-8-9-14-10-15(13)22(14,4)5/h8,14-20,23-25H,9-12H2,1-7H3/t14-,15-,16+,17+,18-,19+,20+/m0/s1. The van der Waals surface area contributed by atoms with Crippen LogP contribution in [0.25, 0.3) is 0 Å². The molecule has 0 amide bonds. The third-order valence-corrected chi connectivity index (χ3v) is 12.6. The van der Waals surface area contributed by atoms with Crippen LogP contribution in [0.1, 0.15) is 47.5 Å². The topological polar surface area (TPSA) is 88.4 Å². The fourth-order valence-corrected chi connectivity index (χ4v) is 5.53. The Morgan fingerprint density at radius 2 is 1.79 bits per heavy atom. The third kappa shape index (κ3) is 4.38. The van der Waals surface area contributed by atoms with Gasteiger partial charge in [-0.15, -0.1) is 0 Å². The molecule has 0 aromatic rings. The van der Waals surface area contributed by atoms with Gasteiger partial charge in [-0.25, -0.2) is 0 Å². The second kappa shape index (κ2) is 8.00. The van der Waals surface area contributed by atoms with Crippen LogP contribution in [0, 0.1) is 17.3 Å². The lowest BCUT2D eigenvalue weighted by molar-refractivity contribution is -0.299. The molecule has 1 aliphatic heterocycles. The lowest BCUT2D eigenvalue weighted by Crippen LogP contribution is -2.60. The molecule has 1 heterocycles. The first-order chi connectivity index (χ1) is 13.3. The van der Waals surface area contributed by atoms with Crippen molar-refractivity contribution in [1.82, 2.24) is 0 Å². The molecule has 3 aliphatic carbocycles. The molecule has 7 atom stereocenters. The van der Waals surface area contributed by atoms with Gasteiger partial charge < -0.3 is 29.2 Å². The molecule has 3 N–H and O–H groups in total. The average Bonchev–Trinajstić information content (AvgIpc) is 2.63. The van der Waals surface area contributed by atoms with E-state index in [1.54, 1.807) is 0 Å². The lowest BCUT2D eigenvalue weighted by atomic mass is 9.49. The lowest BCUT2D eigenvalue weighted by Gasteiger charge is -2.56. The number of fused-ring (bicyclic) bond motifs is 1. The number of ether oxygens (including phenoxy) is 2. The van der Waals surface area contributed by atoms with E-state index < -0.39 is 39.0 Å². The minimum atomic E-state index is -2.03. The zero-order chi connectivity index (χ0) is 21.8. The third-order valence-electron chi connectivity index (χ3n) is 8.08. The molecule has 0 radical (unpaired) electrons. The second-order valence-electron chi connectivity index (χ2n) is 11.2. The van der Waals surface area contributed by atoms with E-state index >= 15 is 0 Å². The van der Waals surface area contributed by atoms with Crippen LogP contribution < -0.4 is 0 Å². The Hall–Kier alpha value is -0.283. The first kappa shape index (κ1) is 23.4. The normalized spacial score (nSPS) is 39.7. The van der Waals surface area contributed by atoms with E-state index in [-0.39, 0.29) is 11.6 Å². The molecule has 2 bridgehead atoms. The predicted octanol–water partition coefficient (Wildman–Crippen LogP) is 2.82. The van der Waals surface area contributed by atoms with Gasteiger partial charge in [0, 0.05) is 0 Å². The first-order valence-corrected chi connectivity index (χ1v) is 13.8. The van der Waals surface area contributed by atoms with Gasteiger partial charge >= 0.3 is 0 Å². The van der Waals surface area contributed by atoms with E-state index in [0.29, 0.717) is 17.9 Å². The molecule has 0 spiro atoms. The van der Waals surface area contributed by atoms with Crippen LogP contribution in [0.5, 0.6) is 0 Å². The molecule has 168 valence electrons. The zero-order valence-electron chi connectivity index (χ0n) is 19.0. The molecule has 1 saturated carbocycles. The van der Waals surface area contributed by atoms with E-state index in [1.807, 2.05) is 0 Å². The Morgan fingerprint density at radius 3 is 2.34 bits per heavy atom. The van der Waals surface area contributed by atoms with E-state index in [9.17, 15) is 15.3 Å². The summed E-state index contributed by atoms with van der Waals surface area (Å²) in [4.78, 5) is 0. The smallest absolute Gasteiger partial charge is 0.192 e. The highest BCUT2D eigenvalue weighted by Gasteiger charge is 2.52. The van der Waals surface area contributed by atoms with Crippen LogP contribution >= 0.6 is 0 Å². The van der Waals surface area contributed by atoms with Crippen molar-refractivity contribution in [2.75, 3.05) is 13.2 Å². The van der Waals surface area contributed by atoms with E-state index in [2.05, 4.69) is 53.8 Å². The van der Waals surface area contributed by atoms with Gasteiger partial charge in [0.1, 0.15) is 24.4 Å². The van der Waals surface area contributed by atoms with E-state index in [0.717, 1.165) is 12.3 Å². The maximum absolute atomic E-state index is 10.4. The second-order valence-corrected chi connectivity index (χ2v) is 16.0. The number of hydrogen-bond acceptors (Lipinski definition) is 6. The molecule has 0 aromatic heterocycles. The molecule has 1 saturated heterocycles. The van der Waals surface area contributed by atoms with Gasteiger partial charge in [0.25, 0.3) is 0 Å². The molecule has 4 aliphatic rings. The Labute approximate surface area is 176 Å². The van der Waals surface area contributed by atoms with Crippen molar-refractivity contribution in [3.8, 4) is 0 Å². The van der Waals surface area contributed by atoms with Crippen molar-refractivity contribution in [3.05, 3.63) is 11.6 Å². The number of hydrogen-bond donors (Lipinski definition) is 3. The summed E-state index contributed by atoms with van der Waals surface area (Å²) >= 11 is 0. The molecule has 0 aromatic carbocycles. The molecular weight excluding hydrogens is 388 g/mol. The SMILES string of the molecule is CC1(C)[C@H]2CC=C(CO[C@@H]3O[C@H](CO[Si](C)(C)C(C)(C)C)[C@@H](O)[C@H](O)[C@H]3O)[C@@H]1C2. The first-order valence-electron chi connectivity index (χ1n) is 10.9. The summed E-state index contributed by atoms with van der Waals surface area (Å²) in [7, 11) is -2.03. The van der Waals surface area contributed by atoms with Gasteiger partial charge in [0.2, 0.25) is 0 Å². The molecule has 0 unspecified atom stereocenters. The number of aliphatic hydroxyl groups excluding tert-OH is 3. The molecule has 2 fully saturated rings. The van der Waals surface area contributed by atoms with Crippen molar-refractivity contribution in [1.29, 1.82) is 0 Å². The molecular formula is C22H40O6Si. The van der Waals surface area contributed by atoms with Crippen molar-refractivity contribution in [2.45, 2.75) is 96.3 Å². The van der Waals surface area contributed by atoms with Crippen molar-refractivity contribution < 1.29 is 29.2 Å². The summed E-state index contributed by atoms with van der Waals surface area (Å²) in [6.07, 6.45) is -1.04. The molecule has 29 heavy (non-hydrogen) atoms. The maximum Gasteiger partial charge on any atom is 0.192 e. The predicted molar refractivity (Wildman–Crippen MR) is 114 cm³/mol. The minimum absolute atomic E-state index is 0.0293. The summed E-state index contributed by atoms with van der Waals surface area (Å²) < 4.78 is 18.0. The Balaban J connectivity index is 1.60. The van der Waals surface area contributed by atoms with Gasteiger partial charge in [-0.3, -0.25) is 0 Å². The van der Waals surface area contributed by atoms with Gasteiger partial charge in [0.15, 0.2) is 14.6 Å². The minimum Gasteiger partial charge on any atom is -0.414 e. The zero-order valence-corrected chi connectivity index (χ0v) is 20.0. The highest BCUT2D eigenvalue weighted by molar-refractivity contribution is 6.74. The highest BCUT2D eigenvalue weighted by Crippen LogP contribution is 2.59. The quantitative estimate of drug-likeness (QED) is 0.445. The Bertz CT molecular complexity index is 625. The van der Waals surface area contributed by atoms with Crippen molar-refractivity contribution >= 4 is 8.32 Å². The monoisotopic (exact) mass is 428 g/mol. The molecule has 7 heteroatoms. The van der Waals surface area contributed by atoms with Crippen LogP contribution in [0.3, 0.4) is 0 Å². The number of allylic oxidation sites excluding steroid dienone is 1. The van der Waals surface area contributed by atoms with Gasteiger partial charge in [-0.1, -0.05) is 40.7 Å². The summed E-state index contributed by atoms with van der Waals surface area (Å²) in [5.41, 5.74) is 1.55. The van der Waals surface area contributed by atoms with Crippen LogP contribution in [0.15, 0.2) is 11.6 Å². The summed E-state index contributed by atoms with van der Waals surface area (Å²) in [5, 5.41) is 31.1. The van der Waals surface area contributed by atoms with Crippen molar-refractivity contribution in [3.63, 3.8) is 0 Å².